The lowest BCUT2D eigenvalue weighted by Crippen LogP contribution is -2.44. The van der Waals surface area contributed by atoms with Crippen LogP contribution in [0.15, 0.2) is 71.5 Å². The lowest BCUT2D eigenvalue weighted by molar-refractivity contribution is -0.126. The molecule has 1 amide bonds. The molecule has 2 heterocycles. The van der Waals surface area contributed by atoms with Gasteiger partial charge < -0.3 is 5.32 Å². The number of halogens is 1. The quantitative estimate of drug-likeness (QED) is 0.438. The lowest BCUT2D eigenvalue weighted by Gasteiger charge is -2.34. The van der Waals surface area contributed by atoms with Gasteiger partial charge in [-0.25, -0.2) is 4.98 Å². The Morgan fingerprint density at radius 1 is 1.06 bits per heavy atom. The smallest absolute Gasteiger partial charge is 0.265 e. The van der Waals surface area contributed by atoms with Gasteiger partial charge in [0.05, 0.1) is 28.7 Å². The molecule has 6 nitrogen and oxygen atoms in total. The molecule has 0 saturated carbocycles. The second-order valence-electron chi connectivity index (χ2n) is 8.98. The number of nitrogens with zero attached hydrogens (tertiary/aromatic N) is 3. The molecule has 0 bridgehead atoms. The Balaban J connectivity index is 1.72. The van der Waals surface area contributed by atoms with E-state index in [9.17, 15) is 14.9 Å². The summed E-state index contributed by atoms with van der Waals surface area (Å²) in [5, 5.41) is 14.0. The van der Waals surface area contributed by atoms with E-state index in [-0.39, 0.29) is 17.5 Å². The molecule has 7 heteroatoms. The van der Waals surface area contributed by atoms with Gasteiger partial charge in [0.15, 0.2) is 0 Å². The van der Waals surface area contributed by atoms with E-state index in [1.165, 1.54) is 0 Å². The molecule has 0 spiro atoms. The zero-order valence-electron chi connectivity index (χ0n) is 19.3. The number of hydrogen-bond acceptors (Lipinski definition) is 4. The molecule has 1 fully saturated rings. The first-order valence-electron chi connectivity index (χ1n) is 11.4. The average molecular weight is 483 g/mol. The molecule has 3 aromatic carbocycles. The van der Waals surface area contributed by atoms with Crippen LogP contribution >= 0.6 is 11.6 Å². The minimum absolute atomic E-state index is 0.230. The van der Waals surface area contributed by atoms with Gasteiger partial charge in [-0.2, -0.15) is 5.26 Å². The largest absolute Gasteiger partial charge is 0.348 e. The summed E-state index contributed by atoms with van der Waals surface area (Å²) in [4.78, 5) is 31.7. The fourth-order valence-electron chi connectivity index (χ4n) is 4.68. The second kappa shape index (κ2) is 9.01. The van der Waals surface area contributed by atoms with Crippen LogP contribution in [0.2, 0.25) is 5.02 Å². The van der Waals surface area contributed by atoms with E-state index in [0.717, 1.165) is 16.7 Å². The van der Waals surface area contributed by atoms with Gasteiger partial charge in [0.2, 0.25) is 5.91 Å². The number of aryl methyl sites for hydroxylation is 2. The molecule has 1 aliphatic rings. The maximum Gasteiger partial charge on any atom is 0.265 e. The highest BCUT2D eigenvalue weighted by Crippen LogP contribution is 2.39. The van der Waals surface area contributed by atoms with Crippen LogP contribution in [-0.2, 0) is 4.79 Å². The number of amides is 1. The van der Waals surface area contributed by atoms with E-state index in [0.29, 0.717) is 33.9 Å². The number of para-hydroxylation sites is 1. The number of fused-ring (bicyclic) bond motifs is 1. The molecule has 0 aliphatic carbocycles. The van der Waals surface area contributed by atoms with Gasteiger partial charge in [-0.05, 0) is 61.7 Å². The summed E-state index contributed by atoms with van der Waals surface area (Å²) < 4.78 is 1.55. The van der Waals surface area contributed by atoms with E-state index in [2.05, 4.69) is 11.4 Å². The van der Waals surface area contributed by atoms with E-state index in [1.807, 2.05) is 62.4 Å². The standard InChI is InChI=1S/C28H23ClN4O2/c1-16-7-11-19(12-8-16)33-26(31-24-6-4-3-5-20(24)28(33)35)21-14-25(32-27(34)22(21)15-30)18-10-9-17(2)23(29)13-18/h3-13,21-22,25H,14H2,1-2H3,(H,32,34). The third-order valence-corrected chi connectivity index (χ3v) is 7.06. The number of carbonyl (C=O) groups excluding carboxylic acids is 1. The van der Waals surface area contributed by atoms with Crippen molar-refractivity contribution >= 4 is 28.4 Å². The maximum atomic E-state index is 13.7. The van der Waals surface area contributed by atoms with Gasteiger partial charge in [0.25, 0.3) is 5.56 Å². The first kappa shape index (κ1) is 22.8. The molecule has 3 atom stereocenters. The number of nitrogens with one attached hydrogen (secondary N) is 1. The third kappa shape index (κ3) is 4.09. The van der Waals surface area contributed by atoms with Gasteiger partial charge in [0, 0.05) is 10.9 Å². The number of aromatic nitrogens is 2. The van der Waals surface area contributed by atoms with Crippen molar-refractivity contribution in [2.24, 2.45) is 5.92 Å². The monoisotopic (exact) mass is 482 g/mol. The summed E-state index contributed by atoms with van der Waals surface area (Å²) >= 11 is 6.36. The SMILES string of the molecule is Cc1ccc(-n2c(C3CC(c4ccc(C)c(Cl)c4)NC(=O)C3C#N)nc3ccccc3c2=O)cc1. The first-order chi connectivity index (χ1) is 16.9. The van der Waals surface area contributed by atoms with E-state index < -0.39 is 11.8 Å². The highest BCUT2D eigenvalue weighted by atomic mass is 35.5. The zero-order valence-corrected chi connectivity index (χ0v) is 20.1. The molecule has 1 N–H and O–H groups in total. The first-order valence-corrected chi connectivity index (χ1v) is 11.8. The molecule has 35 heavy (non-hydrogen) atoms. The Hall–Kier alpha value is -3.95. The number of nitriles is 1. The van der Waals surface area contributed by atoms with Gasteiger partial charge in [-0.1, -0.05) is 53.6 Å². The van der Waals surface area contributed by atoms with Crippen LogP contribution in [0, 0.1) is 31.1 Å². The highest BCUT2D eigenvalue weighted by Gasteiger charge is 2.41. The fourth-order valence-corrected chi connectivity index (χ4v) is 4.87. The Morgan fingerprint density at radius 3 is 2.51 bits per heavy atom. The van der Waals surface area contributed by atoms with Crippen molar-refractivity contribution in [1.82, 2.24) is 14.9 Å². The summed E-state index contributed by atoms with van der Waals surface area (Å²) in [6.07, 6.45) is 0.403. The Bertz CT molecular complexity index is 1550. The van der Waals surface area contributed by atoms with Crippen LogP contribution in [0.3, 0.4) is 0 Å². The lowest BCUT2D eigenvalue weighted by atomic mass is 9.80. The normalized spacial score (nSPS) is 19.8. The van der Waals surface area contributed by atoms with E-state index in [1.54, 1.807) is 22.8 Å². The summed E-state index contributed by atoms with van der Waals surface area (Å²) in [6, 6.07) is 22.2. The number of hydrogen-bond donors (Lipinski definition) is 1. The van der Waals surface area contributed by atoms with Crippen molar-refractivity contribution in [3.05, 3.63) is 105 Å². The van der Waals surface area contributed by atoms with E-state index in [4.69, 9.17) is 16.6 Å². The Morgan fingerprint density at radius 2 is 1.80 bits per heavy atom. The highest BCUT2D eigenvalue weighted by molar-refractivity contribution is 6.31. The van der Waals surface area contributed by atoms with Crippen LogP contribution in [-0.4, -0.2) is 15.5 Å². The average Bonchev–Trinajstić information content (AvgIpc) is 2.86. The van der Waals surface area contributed by atoms with Crippen molar-refractivity contribution in [1.29, 1.82) is 5.26 Å². The van der Waals surface area contributed by atoms with E-state index >= 15 is 0 Å². The molecule has 1 aromatic heterocycles. The molecule has 4 aromatic rings. The predicted molar refractivity (Wildman–Crippen MR) is 136 cm³/mol. The van der Waals surface area contributed by atoms with Gasteiger partial charge in [-0.3, -0.25) is 14.2 Å². The summed E-state index contributed by atoms with van der Waals surface area (Å²) in [5.74, 6) is -1.57. The number of piperidine rings is 1. The molecular weight excluding hydrogens is 460 g/mol. The molecule has 1 saturated heterocycles. The number of benzene rings is 3. The topological polar surface area (TPSA) is 87.8 Å². The zero-order chi connectivity index (χ0) is 24.7. The minimum atomic E-state index is -0.989. The van der Waals surface area contributed by atoms with Crippen LogP contribution in [0.25, 0.3) is 16.6 Å². The fraction of sp³-hybridized carbons (Fsp3) is 0.214. The maximum absolute atomic E-state index is 13.7. The molecule has 1 aliphatic heterocycles. The van der Waals surface area contributed by atoms with Crippen LogP contribution in [0.5, 0.6) is 0 Å². The van der Waals surface area contributed by atoms with Crippen LogP contribution < -0.4 is 10.9 Å². The minimum Gasteiger partial charge on any atom is -0.348 e. The van der Waals surface area contributed by atoms with Gasteiger partial charge >= 0.3 is 0 Å². The van der Waals surface area contributed by atoms with Crippen molar-refractivity contribution in [3.8, 4) is 11.8 Å². The van der Waals surface area contributed by atoms with Crippen molar-refractivity contribution in [2.75, 3.05) is 0 Å². The van der Waals surface area contributed by atoms with Crippen molar-refractivity contribution in [3.63, 3.8) is 0 Å². The molecule has 3 unspecified atom stereocenters. The van der Waals surface area contributed by atoms with Gasteiger partial charge in [0.1, 0.15) is 11.7 Å². The Kier molecular flexibility index (Phi) is 5.88. The molecule has 0 radical (unpaired) electrons. The van der Waals surface area contributed by atoms with Crippen molar-refractivity contribution in [2.45, 2.75) is 32.2 Å². The molecule has 5 rings (SSSR count). The second-order valence-corrected chi connectivity index (χ2v) is 9.39. The van der Waals surface area contributed by atoms with Crippen LogP contribution in [0.1, 0.15) is 40.9 Å². The third-order valence-electron chi connectivity index (χ3n) is 6.65. The number of carbonyl (C=O) groups is 1. The summed E-state index contributed by atoms with van der Waals surface area (Å²) in [5.41, 5.74) is 3.79. The van der Waals surface area contributed by atoms with Gasteiger partial charge in [-0.15, -0.1) is 0 Å². The molecular formula is C28H23ClN4O2. The Labute approximate surface area is 207 Å². The van der Waals surface area contributed by atoms with Crippen molar-refractivity contribution < 1.29 is 4.79 Å². The predicted octanol–water partition coefficient (Wildman–Crippen LogP) is 5.14. The summed E-state index contributed by atoms with van der Waals surface area (Å²) in [6.45, 7) is 3.89. The molecule has 174 valence electrons. The van der Waals surface area contributed by atoms with Crippen LogP contribution in [0.4, 0.5) is 0 Å². The summed E-state index contributed by atoms with van der Waals surface area (Å²) in [7, 11) is 0. The number of rotatable bonds is 3.